The predicted molar refractivity (Wildman–Crippen MR) is 216 cm³/mol. The fourth-order valence-electron chi connectivity index (χ4n) is 12.3. The van der Waals surface area contributed by atoms with Crippen molar-refractivity contribution < 1.29 is 9.53 Å². The molecule has 0 unspecified atom stereocenters. The first-order valence-corrected chi connectivity index (χ1v) is 22.9. The molecular weight excluding hydrogens is 621 g/mol. The summed E-state index contributed by atoms with van der Waals surface area (Å²) in [7, 11) is 0. The van der Waals surface area contributed by atoms with Gasteiger partial charge in [0.1, 0.15) is 5.75 Å². The molecule has 0 aliphatic heterocycles. The number of esters is 1. The minimum absolute atomic E-state index is 0.0138. The van der Waals surface area contributed by atoms with Crippen LogP contribution in [-0.2, 0) is 11.2 Å². The van der Waals surface area contributed by atoms with Crippen LogP contribution in [-0.4, -0.2) is 5.97 Å². The van der Waals surface area contributed by atoms with Gasteiger partial charge in [-0.2, -0.15) is 0 Å². The van der Waals surface area contributed by atoms with E-state index in [-0.39, 0.29) is 5.97 Å². The third-order valence-corrected chi connectivity index (χ3v) is 16.3. The molecule has 6 rings (SSSR count). The molecule has 5 fully saturated rings. The second kappa shape index (κ2) is 18.8. The Labute approximate surface area is 315 Å². The lowest BCUT2D eigenvalue weighted by atomic mass is 9.70. The zero-order valence-electron chi connectivity index (χ0n) is 34.5. The summed E-state index contributed by atoms with van der Waals surface area (Å²) in [4.78, 5) is 13.2. The van der Waals surface area contributed by atoms with Crippen molar-refractivity contribution >= 4 is 5.97 Å². The smallest absolute Gasteiger partial charge is 0.311 e. The first kappa shape index (κ1) is 39.4. The molecule has 1 aromatic carbocycles. The minimum atomic E-state index is -0.0138. The molecule has 5 aliphatic carbocycles. The van der Waals surface area contributed by atoms with Gasteiger partial charge in [-0.3, -0.25) is 4.79 Å². The van der Waals surface area contributed by atoms with Crippen molar-refractivity contribution in [2.45, 2.75) is 208 Å². The molecule has 0 aromatic heterocycles. The summed E-state index contributed by atoms with van der Waals surface area (Å²) in [5.74, 6) is 10.3. The lowest BCUT2D eigenvalue weighted by molar-refractivity contribution is -0.134. The van der Waals surface area contributed by atoms with Crippen molar-refractivity contribution in [2.75, 3.05) is 0 Å². The second-order valence-corrected chi connectivity index (χ2v) is 20.1. The molecule has 0 radical (unpaired) electrons. The zero-order valence-corrected chi connectivity index (χ0v) is 34.5. The Bertz CT molecular complexity index is 1190. The van der Waals surface area contributed by atoms with Gasteiger partial charge >= 0.3 is 5.97 Å². The molecule has 0 bridgehead atoms. The van der Waals surface area contributed by atoms with Crippen molar-refractivity contribution in [1.82, 2.24) is 0 Å². The normalized spacial score (nSPS) is 35.0. The average molecular weight is 701 g/mol. The van der Waals surface area contributed by atoms with Gasteiger partial charge in [-0.1, -0.05) is 129 Å². The minimum Gasteiger partial charge on any atom is -0.426 e. The van der Waals surface area contributed by atoms with Crippen LogP contribution >= 0.6 is 0 Å². The number of carbonyl (C=O) groups is 1. The third kappa shape index (κ3) is 11.1. The van der Waals surface area contributed by atoms with Gasteiger partial charge in [-0.25, -0.2) is 0 Å². The van der Waals surface area contributed by atoms with Gasteiger partial charge < -0.3 is 4.74 Å². The highest BCUT2D eigenvalue weighted by atomic mass is 16.5. The van der Waals surface area contributed by atoms with Crippen LogP contribution in [0.3, 0.4) is 0 Å². The molecular formula is C49H80O2. The molecule has 0 atom stereocenters. The van der Waals surface area contributed by atoms with Crippen molar-refractivity contribution in [3.8, 4) is 5.75 Å². The number of benzene rings is 1. The number of ether oxygens (including phenoxy) is 1. The Balaban J connectivity index is 0.883. The van der Waals surface area contributed by atoms with Crippen LogP contribution in [0.15, 0.2) is 0 Å². The molecule has 0 saturated heterocycles. The van der Waals surface area contributed by atoms with Crippen LogP contribution in [0, 0.1) is 86.9 Å². The number of rotatable bonds is 12. The molecule has 2 heteroatoms. The maximum absolute atomic E-state index is 13.2. The zero-order chi connectivity index (χ0) is 35.9. The Morgan fingerprint density at radius 2 is 0.765 bits per heavy atom. The lowest BCUT2D eigenvalue weighted by Gasteiger charge is -2.36. The lowest BCUT2D eigenvalue weighted by Crippen LogP contribution is -2.23. The molecule has 1 aromatic rings. The predicted octanol–water partition coefficient (Wildman–Crippen LogP) is 14.4. The van der Waals surface area contributed by atoms with Crippen molar-refractivity contribution in [1.29, 1.82) is 0 Å². The van der Waals surface area contributed by atoms with Gasteiger partial charge in [0.2, 0.25) is 0 Å². The fourth-order valence-corrected chi connectivity index (χ4v) is 12.3. The van der Waals surface area contributed by atoms with Crippen LogP contribution in [0.1, 0.15) is 202 Å². The van der Waals surface area contributed by atoms with Crippen LogP contribution in [0.4, 0.5) is 0 Å². The van der Waals surface area contributed by atoms with Crippen molar-refractivity contribution in [2.24, 2.45) is 59.2 Å². The fraction of sp³-hybridized carbons (Fsp3) is 0.857. The highest BCUT2D eigenvalue weighted by Gasteiger charge is 2.31. The largest absolute Gasteiger partial charge is 0.426 e. The summed E-state index contributed by atoms with van der Waals surface area (Å²) in [6, 6.07) is 0. The topological polar surface area (TPSA) is 26.3 Å². The second-order valence-electron chi connectivity index (χ2n) is 20.1. The first-order valence-electron chi connectivity index (χ1n) is 22.9. The van der Waals surface area contributed by atoms with Crippen molar-refractivity contribution in [3.05, 3.63) is 27.8 Å². The van der Waals surface area contributed by atoms with Gasteiger partial charge in [0.05, 0.1) is 0 Å². The van der Waals surface area contributed by atoms with Gasteiger partial charge in [-0.05, 0) is 160 Å². The maximum Gasteiger partial charge on any atom is 0.311 e. The van der Waals surface area contributed by atoms with E-state index in [1.165, 1.54) is 182 Å². The van der Waals surface area contributed by atoms with Gasteiger partial charge in [0.25, 0.3) is 0 Å². The van der Waals surface area contributed by atoms with E-state index in [1.54, 1.807) is 0 Å². The highest BCUT2D eigenvalue weighted by molar-refractivity contribution is 5.74. The van der Waals surface area contributed by atoms with E-state index in [4.69, 9.17) is 4.74 Å². The van der Waals surface area contributed by atoms with E-state index in [0.29, 0.717) is 12.3 Å². The van der Waals surface area contributed by atoms with Gasteiger partial charge in [-0.15, -0.1) is 0 Å². The van der Waals surface area contributed by atoms with E-state index >= 15 is 0 Å². The Hall–Kier alpha value is -1.31. The summed E-state index contributed by atoms with van der Waals surface area (Å²) < 4.78 is 6.21. The van der Waals surface area contributed by atoms with Crippen LogP contribution in [0.25, 0.3) is 0 Å². The average Bonchev–Trinajstić information content (AvgIpc) is 3.14. The van der Waals surface area contributed by atoms with Gasteiger partial charge in [0.15, 0.2) is 0 Å². The standard InChI is InChI=1S/C49H80O2/c1-33-7-11-40(12-8-33)29-43-19-21-44(22-20-43)31-42-17-15-39(16-18-42)27-28-48(50)51-49-37(5)35(3)47(36(4)38(49)6)32-46-25-23-45(24-26-46)30-41-13-9-34(2)10-14-41/h33-34,39-46H,7-32H2,1-6H3. The van der Waals surface area contributed by atoms with Crippen LogP contribution in [0.2, 0.25) is 0 Å². The Morgan fingerprint density at radius 3 is 1.14 bits per heavy atom. The van der Waals surface area contributed by atoms with E-state index in [9.17, 15) is 4.79 Å². The number of hydrogen-bond acceptors (Lipinski definition) is 2. The van der Waals surface area contributed by atoms with E-state index in [1.807, 2.05) is 0 Å². The van der Waals surface area contributed by atoms with E-state index in [0.717, 1.165) is 65.4 Å². The van der Waals surface area contributed by atoms with Gasteiger partial charge in [0, 0.05) is 6.42 Å². The summed E-state index contributed by atoms with van der Waals surface area (Å²) in [6.45, 7) is 13.9. The third-order valence-electron chi connectivity index (χ3n) is 16.3. The summed E-state index contributed by atoms with van der Waals surface area (Å²) in [5, 5.41) is 0. The molecule has 0 amide bonds. The molecule has 5 saturated carbocycles. The maximum atomic E-state index is 13.2. The van der Waals surface area contributed by atoms with Crippen LogP contribution < -0.4 is 4.74 Å². The SMILES string of the molecule is Cc1c(C)c(OC(=O)CCC2CCC(CC3CCC(CC4CCC(C)CC4)CC3)CC2)c(C)c(C)c1CC1CCC(CC2CCC(C)CC2)CC1. The summed E-state index contributed by atoms with van der Waals surface area (Å²) in [6.07, 6.45) is 36.3. The molecule has 0 spiro atoms. The molecule has 0 N–H and O–H groups in total. The summed E-state index contributed by atoms with van der Waals surface area (Å²) in [5.41, 5.74) is 6.66. The number of hydrogen-bond donors (Lipinski definition) is 0. The molecule has 288 valence electrons. The molecule has 2 nitrogen and oxygen atoms in total. The van der Waals surface area contributed by atoms with Crippen LogP contribution in [0.5, 0.6) is 5.75 Å². The molecule has 0 heterocycles. The quantitative estimate of drug-likeness (QED) is 0.160. The van der Waals surface area contributed by atoms with E-state index in [2.05, 4.69) is 41.5 Å². The Kier molecular flexibility index (Phi) is 14.5. The van der Waals surface area contributed by atoms with E-state index < -0.39 is 0 Å². The van der Waals surface area contributed by atoms with Crippen molar-refractivity contribution in [3.63, 3.8) is 0 Å². The highest BCUT2D eigenvalue weighted by Crippen LogP contribution is 2.44. The molecule has 5 aliphatic rings. The molecule has 51 heavy (non-hydrogen) atoms. The number of carbonyl (C=O) groups excluding carboxylic acids is 1. The first-order chi connectivity index (χ1) is 24.6. The Morgan fingerprint density at radius 1 is 0.451 bits per heavy atom. The summed E-state index contributed by atoms with van der Waals surface area (Å²) >= 11 is 0. The monoisotopic (exact) mass is 701 g/mol.